The number of hydrogen-bond acceptors (Lipinski definition) is 7. The maximum absolute atomic E-state index is 12.6. The third-order valence-corrected chi connectivity index (χ3v) is 7.36. The Hall–Kier alpha value is -4.04. The number of nitrogens with one attached hydrogen (secondary N) is 1. The minimum Gasteiger partial charge on any atom is -0.493 e. The standard InChI is InChI=1S/C32H34ClNO7/c1-38-31(36)27-15-13-23(17-28(27)32(37)39-2)34-30(35)16-12-22-11-14-26(19-29(22)33)41-25-10-6-9-24(18-25)40-20-21-7-4-3-5-8-21/h6,9-11,13-15,17-19,21H,3-5,7-8,12,16,20H2,1-2H3,(H,34,35). The van der Waals surface area contributed by atoms with Crippen molar-refractivity contribution in [2.45, 2.75) is 44.9 Å². The highest BCUT2D eigenvalue weighted by molar-refractivity contribution is 6.31. The van der Waals surface area contributed by atoms with Crippen LogP contribution in [0.4, 0.5) is 5.69 Å². The fraction of sp³-hybridized carbons (Fsp3) is 0.344. The number of esters is 2. The lowest BCUT2D eigenvalue weighted by atomic mass is 9.90. The van der Waals surface area contributed by atoms with E-state index in [1.807, 2.05) is 36.4 Å². The second-order valence-electron chi connectivity index (χ2n) is 9.94. The number of amides is 1. The maximum atomic E-state index is 12.6. The minimum absolute atomic E-state index is 0.00268. The van der Waals surface area contributed by atoms with E-state index in [0.717, 1.165) is 17.9 Å². The highest BCUT2D eigenvalue weighted by atomic mass is 35.5. The van der Waals surface area contributed by atoms with E-state index < -0.39 is 11.9 Å². The number of benzene rings is 3. The van der Waals surface area contributed by atoms with Crippen molar-refractivity contribution in [2.75, 3.05) is 26.1 Å². The van der Waals surface area contributed by atoms with Crippen LogP contribution < -0.4 is 14.8 Å². The summed E-state index contributed by atoms with van der Waals surface area (Å²) in [5, 5.41) is 3.22. The normalized spacial score (nSPS) is 13.2. The van der Waals surface area contributed by atoms with Crippen molar-refractivity contribution >= 4 is 35.1 Å². The fourth-order valence-corrected chi connectivity index (χ4v) is 5.05. The molecule has 1 saturated carbocycles. The molecule has 0 saturated heterocycles. The van der Waals surface area contributed by atoms with Gasteiger partial charge in [0.25, 0.3) is 0 Å². The van der Waals surface area contributed by atoms with E-state index >= 15 is 0 Å². The number of carbonyl (C=O) groups excluding carboxylic acids is 3. The van der Waals surface area contributed by atoms with Crippen molar-refractivity contribution in [2.24, 2.45) is 5.92 Å². The molecular formula is C32H34ClNO7. The second kappa shape index (κ2) is 14.6. The highest BCUT2D eigenvalue weighted by Crippen LogP contribution is 2.30. The third kappa shape index (κ3) is 8.47. The van der Waals surface area contributed by atoms with Crippen LogP contribution in [-0.2, 0) is 20.7 Å². The van der Waals surface area contributed by atoms with Crippen LogP contribution in [0.5, 0.6) is 17.2 Å². The Morgan fingerprint density at radius 1 is 0.829 bits per heavy atom. The molecule has 0 radical (unpaired) electrons. The largest absolute Gasteiger partial charge is 0.493 e. The van der Waals surface area contributed by atoms with E-state index in [2.05, 4.69) is 5.32 Å². The first-order chi connectivity index (χ1) is 19.9. The predicted molar refractivity (Wildman–Crippen MR) is 156 cm³/mol. The second-order valence-corrected chi connectivity index (χ2v) is 10.3. The summed E-state index contributed by atoms with van der Waals surface area (Å²) in [7, 11) is 2.42. The van der Waals surface area contributed by atoms with Crippen molar-refractivity contribution in [3.8, 4) is 17.2 Å². The van der Waals surface area contributed by atoms with Gasteiger partial charge in [-0.3, -0.25) is 4.79 Å². The third-order valence-electron chi connectivity index (χ3n) is 7.01. The van der Waals surface area contributed by atoms with Gasteiger partial charge in [0.1, 0.15) is 17.2 Å². The summed E-state index contributed by atoms with van der Waals surface area (Å²) in [5.41, 5.74) is 1.18. The molecule has 0 heterocycles. The fourth-order valence-electron chi connectivity index (χ4n) is 4.79. The molecule has 0 unspecified atom stereocenters. The van der Waals surface area contributed by atoms with Gasteiger partial charge in [-0.25, -0.2) is 9.59 Å². The van der Waals surface area contributed by atoms with Gasteiger partial charge in [0.2, 0.25) is 5.91 Å². The number of carbonyl (C=O) groups is 3. The molecule has 1 N–H and O–H groups in total. The van der Waals surface area contributed by atoms with Crippen molar-refractivity contribution in [3.05, 3.63) is 82.4 Å². The zero-order chi connectivity index (χ0) is 29.2. The van der Waals surface area contributed by atoms with Crippen LogP contribution >= 0.6 is 11.6 Å². The smallest absolute Gasteiger partial charge is 0.338 e. The summed E-state index contributed by atoms with van der Waals surface area (Å²) >= 11 is 6.51. The van der Waals surface area contributed by atoms with Gasteiger partial charge in [-0.05, 0) is 73.2 Å². The molecule has 216 valence electrons. The molecular weight excluding hydrogens is 546 g/mol. The molecule has 1 amide bonds. The average molecular weight is 580 g/mol. The number of halogens is 1. The summed E-state index contributed by atoms with van der Waals surface area (Å²) in [4.78, 5) is 36.7. The molecule has 3 aromatic rings. The molecule has 4 rings (SSSR count). The first-order valence-electron chi connectivity index (χ1n) is 13.7. The molecule has 1 aliphatic carbocycles. The Morgan fingerprint density at radius 3 is 2.27 bits per heavy atom. The summed E-state index contributed by atoms with van der Waals surface area (Å²) in [6, 6.07) is 17.2. The zero-order valence-corrected chi connectivity index (χ0v) is 24.0. The molecule has 0 aromatic heterocycles. The van der Waals surface area contributed by atoms with Crippen molar-refractivity contribution in [3.63, 3.8) is 0 Å². The number of rotatable bonds is 11. The highest BCUT2D eigenvalue weighted by Gasteiger charge is 2.20. The minimum atomic E-state index is -0.714. The Balaban J connectivity index is 1.31. The summed E-state index contributed by atoms with van der Waals surface area (Å²) in [5.74, 6) is 0.947. The van der Waals surface area contributed by atoms with Crippen molar-refractivity contribution < 1.29 is 33.3 Å². The Morgan fingerprint density at radius 2 is 1.54 bits per heavy atom. The number of anilines is 1. The molecule has 3 aromatic carbocycles. The van der Waals surface area contributed by atoms with Crippen LogP contribution in [0.3, 0.4) is 0 Å². The van der Waals surface area contributed by atoms with Gasteiger partial charge in [0, 0.05) is 23.2 Å². The molecule has 9 heteroatoms. The molecule has 8 nitrogen and oxygen atoms in total. The topological polar surface area (TPSA) is 100 Å². The van der Waals surface area contributed by atoms with E-state index in [4.69, 9.17) is 30.5 Å². The van der Waals surface area contributed by atoms with E-state index in [1.54, 1.807) is 6.07 Å². The first kappa shape index (κ1) is 29.9. The van der Waals surface area contributed by atoms with Gasteiger partial charge >= 0.3 is 11.9 Å². The molecule has 0 bridgehead atoms. The maximum Gasteiger partial charge on any atom is 0.338 e. The van der Waals surface area contributed by atoms with Crippen LogP contribution in [0.25, 0.3) is 0 Å². The van der Waals surface area contributed by atoms with Gasteiger partial charge < -0.3 is 24.3 Å². The quantitative estimate of drug-likeness (QED) is 0.239. The number of ether oxygens (including phenoxy) is 4. The van der Waals surface area contributed by atoms with Crippen LogP contribution in [0, 0.1) is 5.92 Å². The van der Waals surface area contributed by atoms with Gasteiger partial charge in [-0.1, -0.05) is 43.0 Å². The number of hydrogen-bond donors (Lipinski definition) is 1. The van der Waals surface area contributed by atoms with Crippen LogP contribution in [0.15, 0.2) is 60.7 Å². The van der Waals surface area contributed by atoms with Crippen molar-refractivity contribution in [1.29, 1.82) is 0 Å². The summed E-state index contributed by atoms with van der Waals surface area (Å²) < 4.78 is 21.5. The van der Waals surface area contributed by atoms with E-state index in [0.29, 0.717) is 34.5 Å². The van der Waals surface area contributed by atoms with Crippen LogP contribution in [0.2, 0.25) is 5.02 Å². The lowest BCUT2D eigenvalue weighted by Gasteiger charge is -2.21. The lowest BCUT2D eigenvalue weighted by Crippen LogP contribution is -2.15. The molecule has 0 aliphatic heterocycles. The van der Waals surface area contributed by atoms with Crippen LogP contribution in [0.1, 0.15) is 64.8 Å². The van der Waals surface area contributed by atoms with Crippen molar-refractivity contribution in [1.82, 2.24) is 0 Å². The molecule has 1 fully saturated rings. The predicted octanol–water partition coefficient (Wildman–Crippen LogP) is 7.24. The Kier molecular flexibility index (Phi) is 10.6. The summed E-state index contributed by atoms with van der Waals surface area (Å²) in [6.45, 7) is 0.725. The SMILES string of the molecule is COC(=O)c1ccc(NC(=O)CCc2ccc(Oc3cccc(OCC4CCCCC4)c3)cc2Cl)cc1C(=O)OC. The molecule has 0 spiro atoms. The molecule has 41 heavy (non-hydrogen) atoms. The van der Waals surface area contributed by atoms with Gasteiger partial charge in [0.15, 0.2) is 0 Å². The number of methoxy groups -OCH3 is 2. The Labute approximate surface area is 244 Å². The van der Waals surface area contributed by atoms with E-state index in [1.165, 1.54) is 64.5 Å². The lowest BCUT2D eigenvalue weighted by molar-refractivity contribution is -0.116. The van der Waals surface area contributed by atoms with Crippen LogP contribution in [-0.4, -0.2) is 38.7 Å². The summed E-state index contributed by atoms with van der Waals surface area (Å²) in [6.07, 6.45) is 6.87. The number of aryl methyl sites for hydroxylation is 1. The van der Waals surface area contributed by atoms with E-state index in [9.17, 15) is 14.4 Å². The Bertz CT molecular complexity index is 1380. The van der Waals surface area contributed by atoms with Gasteiger partial charge in [-0.15, -0.1) is 0 Å². The van der Waals surface area contributed by atoms with Gasteiger partial charge in [-0.2, -0.15) is 0 Å². The molecule has 1 aliphatic rings. The monoisotopic (exact) mass is 579 g/mol. The van der Waals surface area contributed by atoms with Gasteiger partial charge in [0.05, 0.1) is 32.0 Å². The molecule has 0 atom stereocenters. The van der Waals surface area contributed by atoms with E-state index in [-0.39, 0.29) is 23.5 Å². The average Bonchev–Trinajstić information content (AvgIpc) is 2.99. The zero-order valence-electron chi connectivity index (χ0n) is 23.2. The first-order valence-corrected chi connectivity index (χ1v) is 14.0.